The molecule has 0 bridgehead atoms. The van der Waals surface area contributed by atoms with Gasteiger partial charge in [-0.2, -0.15) is 0 Å². The molecule has 1 aliphatic heterocycles. The third kappa shape index (κ3) is 7.29. The van der Waals surface area contributed by atoms with E-state index in [9.17, 15) is 0 Å². The quantitative estimate of drug-likeness (QED) is 0.270. The molecule has 2 aromatic heterocycles. The molecular weight excluding hydrogens is 515 g/mol. The van der Waals surface area contributed by atoms with Gasteiger partial charge in [-0.3, -0.25) is 0 Å². The molecule has 2 N–H and O–H groups in total. The van der Waals surface area contributed by atoms with Crippen LogP contribution in [0.2, 0.25) is 10.0 Å². The smallest absolute Gasteiger partial charge is 0.141 e. The van der Waals surface area contributed by atoms with E-state index in [1.807, 2.05) is 26.1 Å². The molecular formula is C27H36Cl2N4O4. The Morgan fingerprint density at radius 2 is 1.81 bits per heavy atom. The van der Waals surface area contributed by atoms with Crippen molar-refractivity contribution in [1.29, 1.82) is 0 Å². The largest absolute Gasteiger partial charge is 0.495 e. The highest BCUT2D eigenvalue weighted by Crippen LogP contribution is 2.46. The highest BCUT2D eigenvalue weighted by molar-refractivity contribution is 6.41. The maximum absolute atomic E-state index is 6.64. The van der Waals surface area contributed by atoms with Crippen LogP contribution in [0.3, 0.4) is 0 Å². The zero-order chi connectivity index (χ0) is 26.8. The number of methoxy groups -OCH3 is 2. The summed E-state index contributed by atoms with van der Waals surface area (Å²) in [4.78, 5) is 9.32. The fraction of sp³-hybridized carbons (Fsp3) is 0.481. The van der Waals surface area contributed by atoms with Gasteiger partial charge >= 0.3 is 0 Å². The molecule has 202 valence electrons. The number of hydrogen-bond donors (Lipinski definition) is 2. The second-order valence-electron chi connectivity index (χ2n) is 8.39. The van der Waals surface area contributed by atoms with E-state index in [2.05, 4.69) is 22.5 Å². The lowest BCUT2D eigenvalue weighted by molar-refractivity contribution is 0.120. The van der Waals surface area contributed by atoms with Gasteiger partial charge in [-0.1, -0.05) is 30.1 Å². The zero-order valence-electron chi connectivity index (χ0n) is 22.1. The number of rotatable bonds is 10. The molecule has 1 saturated heterocycles. The van der Waals surface area contributed by atoms with Gasteiger partial charge in [0, 0.05) is 62.0 Å². The van der Waals surface area contributed by atoms with Crippen LogP contribution in [-0.2, 0) is 9.47 Å². The summed E-state index contributed by atoms with van der Waals surface area (Å²) in [5.74, 6) is 2.37. The topological polar surface area (TPSA) is 86.8 Å². The van der Waals surface area contributed by atoms with Crippen molar-refractivity contribution < 1.29 is 18.9 Å². The highest BCUT2D eigenvalue weighted by Gasteiger charge is 2.22. The van der Waals surface area contributed by atoms with Crippen LogP contribution in [0.4, 0.5) is 11.6 Å². The predicted octanol–water partition coefficient (Wildman–Crippen LogP) is 6.69. The standard InChI is InChI=1S/C22H24Cl2N4O3.C5H12O/c1-25-18-8-14-12(10-26-18)7-15(28-22(14)27-11-13-5-4-6-31-13)19-20(23)16(29-2)9-17(30-3)21(19)24;1-3-5-6-4-2/h7-10,13H,4-6,11H2,1-3H3,(H,25,26)(H,27,28);3-5H2,1-2H3. The Balaban J connectivity index is 0.000000568. The van der Waals surface area contributed by atoms with Crippen molar-refractivity contribution in [1.82, 2.24) is 9.97 Å². The number of benzene rings is 1. The highest BCUT2D eigenvalue weighted by atomic mass is 35.5. The summed E-state index contributed by atoms with van der Waals surface area (Å²) in [5, 5.41) is 9.08. The second-order valence-corrected chi connectivity index (χ2v) is 9.15. The maximum atomic E-state index is 6.64. The summed E-state index contributed by atoms with van der Waals surface area (Å²) in [7, 11) is 4.92. The van der Waals surface area contributed by atoms with E-state index >= 15 is 0 Å². The summed E-state index contributed by atoms with van der Waals surface area (Å²) in [6.07, 6.45) is 5.19. The van der Waals surface area contributed by atoms with E-state index in [0.29, 0.717) is 45.2 Å². The molecule has 1 fully saturated rings. The van der Waals surface area contributed by atoms with Crippen LogP contribution in [0, 0.1) is 0 Å². The first-order valence-electron chi connectivity index (χ1n) is 12.5. The average Bonchev–Trinajstić information content (AvgIpc) is 3.44. The first-order chi connectivity index (χ1) is 18.0. The Labute approximate surface area is 229 Å². The molecule has 1 aromatic carbocycles. The van der Waals surface area contributed by atoms with E-state index in [-0.39, 0.29) is 6.10 Å². The maximum Gasteiger partial charge on any atom is 0.141 e. The van der Waals surface area contributed by atoms with Crippen molar-refractivity contribution in [3.8, 4) is 22.8 Å². The van der Waals surface area contributed by atoms with E-state index in [4.69, 9.17) is 47.1 Å². The lowest BCUT2D eigenvalue weighted by Crippen LogP contribution is -2.19. The van der Waals surface area contributed by atoms with Crippen LogP contribution in [0.1, 0.15) is 33.1 Å². The molecule has 0 amide bonds. The molecule has 10 heteroatoms. The number of aromatic nitrogens is 2. The number of ether oxygens (including phenoxy) is 4. The van der Waals surface area contributed by atoms with E-state index in [0.717, 1.165) is 55.7 Å². The molecule has 3 heterocycles. The van der Waals surface area contributed by atoms with Crippen LogP contribution in [0.5, 0.6) is 11.5 Å². The number of fused-ring (bicyclic) bond motifs is 1. The van der Waals surface area contributed by atoms with Gasteiger partial charge in [0.25, 0.3) is 0 Å². The number of nitrogens with one attached hydrogen (secondary N) is 2. The van der Waals surface area contributed by atoms with Crippen molar-refractivity contribution >= 4 is 45.6 Å². The number of pyridine rings is 2. The molecule has 0 aliphatic carbocycles. The Morgan fingerprint density at radius 1 is 1.08 bits per heavy atom. The van der Waals surface area contributed by atoms with Crippen LogP contribution in [0.15, 0.2) is 24.4 Å². The third-order valence-electron chi connectivity index (χ3n) is 5.87. The Kier molecular flexibility index (Phi) is 11.3. The molecule has 4 rings (SSSR count). The van der Waals surface area contributed by atoms with Gasteiger partial charge in [-0.05, 0) is 38.3 Å². The first kappa shape index (κ1) is 29.0. The molecule has 0 spiro atoms. The molecule has 0 radical (unpaired) electrons. The molecule has 1 aliphatic rings. The monoisotopic (exact) mass is 550 g/mol. The number of halogens is 2. The van der Waals surface area contributed by atoms with E-state index < -0.39 is 0 Å². The van der Waals surface area contributed by atoms with Crippen LogP contribution < -0.4 is 20.1 Å². The number of nitrogens with zero attached hydrogens (tertiary/aromatic N) is 2. The van der Waals surface area contributed by atoms with Crippen molar-refractivity contribution in [3.63, 3.8) is 0 Å². The van der Waals surface area contributed by atoms with Crippen molar-refractivity contribution in [3.05, 3.63) is 34.4 Å². The summed E-state index contributed by atoms with van der Waals surface area (Å²) in [5.41, 5.74) is 1.13. The molecule has 8 nitrogen and oxygen atoms in total. The van der Waals surface area contributed by atoms with Gasteiger partial charge < -0.3 is 29.6 Å². The Morgan fingerprint density at radius 3 is 2.35 bits per heavy atom. The summed E-state index contributed by atoms with van der Waals surface area (Å²) < 4.78 is 21.6. The average molecular weight is 552 g/mol. The number of hydrogen-bond acceptors (Lipinski definition) is 8. The molecule has 1 atom stereocenters. The van der Waals surface area contributed by atoms with Gasteiger partial charge in [0.05, 0.1) is 36.1 Å². The van der Waals surface area contributed by atoms with Crippen molar-refractivity contribution in [2.24, 2.45) is 0 Å². The summed E-state index contributed by atoms with van der Waals surface area (Å²) in [6, 6.07) is 5.52. The SMILES string of the molecule is CCCOCC.CNc1cc2c(NCC3CCCO3)nc(-c3c(Cl)c(OC)cc(OC)c3Cl)cc2cn1. The molecule has 0 saturated carbocycles. The van der Waals surface area contributed by atoms with Crippen molar-refractivity contribution in [2.75, 3.05) is 58.3 Å². The van der Waals surface area contributed by atoms with Crippen molar-refractivity contribution in [2.45, 2.75) is 39.2 Å². The Hall–Kier alpha value is -2.52. The van der Waals surface area contributed by atoms with Gasteiger partial charge in [0.2, 0.25) is 0 Å². The third-order valence-corrected chi connectivity index (χ3v) is 6.62. The normalized spacial score (nSPS) is 14.7. The minimum Gasteiger partial charge on any atom is -0.495 e. The Bertz CT molecular complexity index is 1140. The minimum atomic E-state index is 0.162. The summed E-state index contributed by atoms with van der Waals surface area (Å²) in [6.45, 7) is 7.34. The van der Waals surface area contributed by atoms with Gasteiger partial charge in [0.1, 0.15) is 23.1 Å². The number of anilines is 2. The fourth-order valence-corrected chi connectivity index (χ4v) is 4.66. The van der Waals surface area contributed by atoms with Gasteiger partial charge in [0.15, 0.2) is 0 Å². The van der Waals surface area contributed by atoms with E-state index in [1.165, 1.54) is 0 Å². The molecule has 37 heavy (non-hydrogen) atoms. The zero-order valence-corrected chi connectivity index (χ0v) is 23.6. The minimum absolute atomic E-state index is 0.162. The van der Waals surface area contributed by atoms with Crippen LogP contribution >= 0.6 is 23.2 Å². The first-order valence-corrected chi connectivity index (χ1v) is 13.2. The van der Waals surface area contributed by atoms with Crippen LogP contribution in [0.25, 0.3) is 22.0 Å². The van der Waals surface area contributed by atoms with Crippen LogP contribution in [-0.4, -0.2) is 63.7 Å². The predicted molar refractivity (Wildman–Crippen MR) is 152 cm³/mol. The summed E-state index contributed by atoms with van der Waals surface area (Å²) >= 11 is 13.3. The second kappa shape index (κ2) is 14.4. The van der Waals surface area contributed by atoms with Gasteiger partial charge in [-0.15, -0.1) is 0 Å². The molecule has 3 aromatic rings. The van der Waals surface area contributed by atoms with Gasteiger partial charge in [-0.25, -0.2) is 9.97 Å². The molecule has 1 unspecified atom stereocenters. The lowest BCUT2D eigenvalue weighted by Gasteiger charge is -2.17. The lowest BCUT2D eigenvalue weighted by atomic mass is 10.1. The van der Waals surface area contributed by atoms with E-state index in [1.54, 1.807) is 26.5 Å². The fourth-order valence-electron chi connectivity index (χ4n) is 3.96.